The SMILES string of the molecule is CC1(C)OB(c2ccc(OS(=O)(=O)C[C@@H]3OC(COCc4ccccc4)[C@@H](OCc4ccccc4)[C@@H](OCc4ccccc4)C3OCc3ccccc3)cc2)OC1(C)C. The van der Waals surface area contributed by atoms with E-state index in [-0.39, 0.29) is 32.2 Å². The van der Waals surface area contributed by atoms with Crippen molar-refractivity contribution >= 4 is 22.7 Å². The van der Waals surface area contributed by atoms with Crippen LogP contribution in [0.25, 0.3) is 0 Å². The second-order valence-electron chi connectivity index (χ2n) is 16.0. The van der Waals surface area contributed by atoms with Gasteiger partial charge in [0.15, 0.2) is 0 Å². The third-order valence-electron chi connectivity index (χ3n) is 11.0. The highest BCUT2D eigenvalue weighted by Gasteiger charge is 2.52. The average molecular weight is 821 g/mol. The second kappa shape index (κ2) is 19.3. The molecular formula is C47H53BO10S. The first-order valence-electron chi connectivity index (χ1n) is 20.1. The lowest BCUT2D eigenvalue weighted by Crippen LogP contribution is -2.62. The Kier molecular flexibility index (Phi) is 14.0. The van der Waals surface area contributed by atoms with Crippen molar-refractivity contribution in [2.45, 2.75) is 95.8 Å². The van der Waals surface area contributed by atoms with Gasteiger partial charge in [-0.2, -0.15) is 8.42 Å². The molecule has 7 rings (SSSR count). The van der Waals surface area contributed by atoms with Gasteiger partial charge in [0, 0.05) is 0 Å². The van der Waals surface area contributed by atoms with Crippen LogP contribution in [0, 0.1) is 0 Å². The van der Waals surface area contributed by atoms with Crippen molar-refractivity contribution in [3.05, 3.63) is 168 Å². The van der Waals surface area contributed by atoms with Crippen molar-refractivity contribution in [3.63, 3.8) is 0 Å². The molecule has 0 spiro atoms. The molecule has 0 amide bonds. The molecule has 2 aliphatic heterocycles. The predicted molar refractivity (Wildman–Crippen MR) is 226 cm³/mol. The van der Waals surface area contributed by atoms with Gasteiger partial charge in [0.25, 0.3) is 0 Å². The van der Waals surface area contributed by atoms with Crippen LogP contribution in [0.2, 0.25) is 0 Å². The predicted octanol–water partition coefficient (Wildman–Crippen LogP) is 7.43. The Morgan fingerprint density at radius 3 is 1.39 bits per heavy atom. The highest BCUT2D eigenvalue weighted by atomic mass is 32.2. The van der Waals surface area contributed by atoms with E-state index in [0.29, 0.717) is 6.61 Å². The molecule has 59 heavy (non-hydrogen) atoms. The first-order valence-corrected chi connectivity index (χ1v) is 21.6. The van der Waals surface area contributed by atoms with Crippen LogP contribution in [0.3, 0.4) is 0 Å². The minimum atomic E-state index is -4.27. The Hall–Kier alpha value is -4.37. The van der Waals surface area contributed by atoms with Crippen LogP contribution in [-0.4, -0.2) is 69.6 Å². The van der Waals surface area contributed by atoms with E-state index in [1.54, 1.807) is 24.3 Å². The zero-order chi connectivity index (χ0) is 41.3. The summed E-state index contributed by atoms with van der Waals surface area (Å²) < 4.78 is 79.4. The summed E-state index contributed by atoms with van der Waals surface area (Å²) in [4.78, 5) is 0. The molecule has 0 aromatic heterocycles. The maximum Gasteiger partial charge on any atom is 0.494 e. The van der Waals surface area contributed by atoms with Crippen molar-refractivity contribution in [1.29, 1.82) is 0 Å². The van der Waals surface area contributed by atoms with E-state index in [1.165, 1.54) is 0 Å². The quantitative estimate of drug-likeness (QED) is 0.0655. The average Bonchev–Trinajstić information content (AvgIpc) is 3.46. The summed E-state index contributed by atoms with van der Waals surface area (Å²) in [5.74, 6) is -0.386. The first kappa shape index (κ1) is 42.7. The summed E-state index contributed by atoms with van der Waals surface area (Å²) in [5.41, 5.74) is 3.50. The largest absolute Gasteiger partial charge is 0.494 e. The molecular weight excluding hydrogens is 767 g/mol. The van der Waals surface area contributed by atoms with Crippen LogP contribution in [0.5, 0.6) is 5.75 Å². The fourth-order valence-corrected chi connectivity index (χ4v) is 8.20. The van der Waals surface area contributed by atoms with Gasteiger partial charge in [0.2, 0.25) is 0 Å². The van der Waals surface area contributed by atoms with Crippen molar-refractivity contribution < 1.29 is 45.6 Å². The molecule has 5 aromatic carbocycles. The molecule has 0 aliphatic carbocycles. The molecule has 5 atom stereocenters. The van der Waals surface area contributed by atoms with E-state index in [1.807, 2.05) is 149 Å². The molecule has 2 saturated heterocycles. The van der Waals surface area contributed by atoms with Gasteiger partial charge in [-0.25, -0.2) is 0 Å². The number of ether oxygens (including phenoxy) is 5. The van der Waals surface area contributed by atoms with Crippen LogP contribution in [0.15, 0.2) is 146 Å². The van der Waals surface area contributed by atoms with Gasteiger partial charge in [-0.05, 0) is 67.5 Å². The highest BCUT2D eigenvalue weighted by Crippen LogP contribution is 2.37. The lowest BCUT2D eigenvalue weighted by molar-refractivity contribution is -0.268. The topological polar surface area (TPSA) is 108 Å². The Balaban J connectivity index is 1.17. The Morgan fingerprint density at radius 2 is 0.932 bits per heavy atom. The number of benzene rings is 5. The molecule has 2 unspecified atom stereocenters. The first-order chi connectivity index (χ1) is 28.4. The van der Waals surface area contributed by atoms with Gasteiger partial charge in [0.1, 0.15) is 42.0 Å². The zero-order valence-electron chi connectivity index (χ0n) is 34.1. The molecule has 10 nitrogen and oxygen atoms in total. The van der Waals surface area contributed by atoms with Crippen molar-refractivity contribution in [2.75, 3.05) is 12.4 Å². The van der Waals surface area contributed by atoms with Gasteiger partial charge in [0.05, 0.1) is 44.2 Å². The van der Waals surface area contributed by atoms with Gasteiger partial charge in [-0.15, -0.1) is 0 Å². The second-order valence-corrected chi connectivity index (χ2v) is 17.6. The van der Waals surface area contributed by atoms with Crippen molar-refractivity contribution in [2.24, 2.45) is 0 Å². The Morgan fingerprint density at radius 1 is 0.525 bits per heavy atom. The van der Waals surface area contributed by atoms with E-state index in [9.17, 15) is 8.42 Å². The van der Waals surface area contributed by atoms with Crippen LogP contribution >= 0.6 is 0 Å². The maximum absolute atomic E-state index is 14.1. The van der Waals surface area contributed by atoms with E-state index in [0.717, 1.165) is 27.7 Å². The standard InChI is InChI=1S/C47H53BO10S/c1-46(2)47(3,4)58-48(57-46)39-25-27-40(28-26-39)56-59(49,50)34-42-44(53-31-37-21-13-7-14-22-37)45(54-32-38-23-15-8-16-24-38)43(52-30-36-19-11-6-12-20-36)41(55-42)33-51-29-35-17-9-5-10-18-35/h5-28,41-45H,29-34H2,1-4H3/t41?,42-,43+,44?,45+/m0/s1. The van der Waals surface area contributed by atoms with E-state index >= 15 is 0 Å². The van der Waals surface area contributed by atoms with Crippen LogP contribution in [-0.2, 0) is 69.5 Å². The summed E-state index contributed by atoms with van der Waals surface area (Å²) in [7, 11) is -4.88. The summed E-state index contributed by atoms with van der Waals surface area (Å²) in [6.45, 7) is 9.02. The molecule has 0 N–H and O–H groups in total. The molecule has 0 saturated carbocycles. The lowest BCUT2D eigenvalue weighted by atomic mass is 9.79. The fraction of sp³-hybridized carbons (Fsp3) is 0.362. The van der Waals surface area contributed by atoms with E-state index < -0.39 is 64.7 Å². The summed E-state index contributed by atoms with van der Waals surface area (Å²) in [6.07, 6.45) is -4.15. The number of hydrogen-bond acceptors (Lipinski definition) is 10. The molecule has 12 heteroatoms. The Bertz CT molecular complexity index is 2120. The zero-order valence-corrected chi connectivity index (χ0v) is 34.9. The fourth-order valence-electron chi connectivity index (χ4n) is 7.06. The van der Waals surface area contributed by atoms with Crippen molar-refractivity contribution in [1.82, 2.24) is 0 Å². The van der Waals surface area contributed by atoms with Crippen LogP contribution in [0.1, 0.15) is 49.9 Å². The third-order valence-corrected chi connectivity index (χ3v) is 12.2. The normalized spacial score (nSPS) is 22.6. The van der Waals surface area contributed by atoms with Gasteiger partial charge < -0.3 is 37.2 Å². The highest BCUT2D eigenvalue weighted by molar-refractivity contribution is 7.87. The summed E-state index contributed by atoms with van der Waals surface area (Å²) in [6, 6.07) is 45.9. The van der Waals surface area contributed by atoms with Gasteiger partial charge in [-0.1, -0.05) is 133 Å². The molecule has 5 aromatic rings. The monoisotopic (exact) mass is 820 g/mol. The molecule has 0 bridgehead atoms. The third kappa shape index (κ3) is 11.5. The van der Waals surface area contributed by atoms with Gasteiger partial charge in [-0.3, -0.25) is 0 Å². The van der Waals surface area contributed by atoms with Crippen molar-refractivity contribution in [3.8, 4) is 5.75 Å². The number of rotatable bonds is 18. The molecule has 2 aliphatic rings. The maximum atomic E-state index is 14.1. The number of hydrogen-bond donors (Lipinski definition) is 0. The minimum Gasteiger partial charge on any atom is -0.399 e. The van der Waals surface area contributed by atoms with Crippen LogP contribution < -0.4 is 9.65 Å². The lowest BCUT2D eigenvalue weighted by Gasteiger charge is -2.46. The van der Waals surface area contributed by atoms with E-state index in [2.05, 4.69) is 0 Å². The smallest absolute Gasteiger partial charge is 0.399 e. The molecule has 310 valence electrons. The summed E-state index contributed by atoms with van der Waals surface area (Å²) >= 11 is 0. The van der Waals surface area contributed by atoms with Crippen LogP contribution in [0.4, 0.5) is 0 Å². The molecule has 2 heterocycles. The van der Waals surface area contributed by atoms with Gasteiger partial charge >= 0.3 is 17.2 Å². The molecule has 2 fully saturated rings. The minimum absolute atomic E-state index is 0.0999. The Labute approximate surface area is 348 Å². The molecule has 0 radical (unpaired) electrons. The van der Waals surface area contributed by atoms with E-state index in [4.69, 9.17) is 37.2 Å². The summed E-state index contributed by atoms with van der Waals surface area (Å²) in [5, 5.41) is 0.